The number of pyridine rings is 1. The Labute approximate surface area is 104 Å². The van der Waals surface area contributed by atoms with Crippen LogP contribution in [0.25, 0.3) is 0 Å². The quantitative estimate of drug-likeness (QED) is 0.824. The first-order valence-corrected chi connectivity index (χ1v) is 6.03. The zero-order valence-corrected chi connectivity index (χ0v) is 11.2. The van der Waals surface area contributed by atoms with E-state index < -0.39 is 0 Å². The lowest BCUT2D eigenvalue weighted by molar-refractivity contribution is 0.330. The topological polar surface area (TPSA) is 60.2 Å². The average molecular weight is 237 g/mol. The average Bonchev–Trinajstić information content (AvgIpc) is 2.26. The highest BCUT2D eigenvalue weighted by Gasteiger charge is 2.24. The number of hydrogen-bond donors (Lipinski definition) is 2. The lowest BCUT2D eigenvalue weighted by atomic mass is 9.87. The number of nitrogens with two attached hydrogens (primary N) is 1. The Hall–Kier alpha value is -1.29. The van der Waals surface area contributed by atoms with Crippen LogP contribution in [0.2, 0.25) is 0 Å². The summed E-state index contributed by atoms with van der Waals surface area (Å²) in [6, 6.07) is 3.94. The fraction of sp³-hybridized carbons (Fsp3) is 0.615. The van der Waals surface area contributed by atoms with Gasteiger partial charge in [0.15, 0.2) is 11.6 Å². The minimum atomic E-state index is 0.0791. The molecule has 0 aromatic carbocycles. The van der Waals surface area contributed by atoms with E-state index in [2.05, 4.69) is 31.1 Å². The van der Waals surface area contributed by atoms with Gasteiger partial charge in [-0.3, -0.25) is 0 Å². The smallest absolute Gasteiger partial charge is 0.169 e. The van der Waals surface area contributed by atoms with E-state index in [1.165, 1.54) is 0 Å². The summed E-state index contributed by atoms with van der Waals surface area (Å²) in [4.78, 5) is 4.31. The molecule has 1 heterocycles. The summed E-state index contributed by atoms with van der Waals surface area (Å²) in [6.07, 6.45) is 1.75. The number of aromatic nitrogens is 1. The molecule has 0 aliphatic carbocycles. The summed E-state index contributed by atoms with van der Waals surface area (Å²) in [5.41, 5.74) is 5.88. The highest BCUT2D eigenvalue weighted by molar-refractivity contribution is 5.50. The largest absolute Gasteiger partial charge is 0.490 e. The molecular formula is C13H23N3O. The van der Waals surface area contributed by atoms with E-state index in [4.69, 9.17) is 10.5 Å². The standard InChI is InChI=1S/C13H23N3O/c1-5-17-10-7-6-8-15-12(10)16-11(9-14)13(2,3)4/h6-8,11H,5,9,14H2,1-4H3,(H,15,16). The van der Waals surface area contributed by atoms with Crippen LogP contribution in [0.4, 0.5) is 5.82 Å². The molecule has 0 radical (unpaired) electrons. The predicted octanol–water partition coefficient (Wildman–Crippen LogP) is 2.27. The van der Waals surface area contributed by atoms with Crippen LogP contribution < -0.4 is 15.8 Å². The molecule has 4 heteroatoms. The van der Waals surface area contributed by atoms with Crippen LogP contribution in [-0.4, -0.2) is 24.2 Å². The van der Waals surface area contributed by atoms with Crippen LogP contribution >= 0.6 is 0 Å². The second-order valence-corrected chi connectivity index (χ2v) is 5.08. The number of hydrogen-bond acceptors (Lipinski definition) is 4. The molecule has 0 aliphatic heterocycles. The van der Waals surface area contributed by atoms with Gasteiger partial charge in [0, 0.05) is 18.8 Å². The lowest BCUT2D eigenvalue weighted by Crippen LogP contribution is -2.40. The molecule has 1 atom stereocenters. The third-order valence-corrected chi connectivity index (χ3v) is 2.66. The molecule has 96 valence electrons. The summed E-state index contributed by atoms with van der Waals surface area (Å²) in [5.74, 6) is 1.54. The first kappa shape index (κ1) is 13.8. The van der Waals surface area contributed by atoms with Gasteiger partial charge in [0.2, 0.25) is 0 Å². The van der Waals surface area contributed by atoms with E-state index in [-0.39, 0.29) is 11.5 Å². The van der Waals surface area contributed by atoms with Crippen LogP contribution in [0, 0.1) is 5.41 Å². The van der Waals surface area contributed by atoms with Crippen molar-refractivity contribution in [3.8, 4) is 5.75 Å². The SMILES string of the molecule is CCOc1cccnc1NC(CN)C(C)(C)C. The molecule has 1 unspecified atom stereocenters. The molecule has 0 fully saturated rings. The van der Waals surface area contributed by atoms with Crippen LogP contribution in [0.1, 0.15) is 27.7 Å². The second-order valence-electron chi connectivity index (χ2n) is 5.08. The van der Waals surface area contributed by atoms with Gasteiger partial charge in [-0.25, -0.2) is 4.98 Å². The summed E-state index contributed by atoms with van der Waals surface area (Å²) in [5, 5.41) is 3.36. The van der Waals surface area contributed by atoms with Crippen LogP contribution in [0.3, 0.4) is 0 Å². The molecule has 1 aromatic rings. The number of ether oxygens (including phenoxy) is 1. The Morgan fingerprint density at radius 3 is 2.71 bits per heavy atom. The minimum absolute atomic E-state index is 0.0791. The molecule has 1 rings (SSSR count). The molecule has 0 aliphatic rings. The minimum Gasteiger partial charge on any atom is -0.490 e. The monoisotopic (exact) mass is 237 g/mol. The first-order valence-electron chi connectivity index (χ1n) is 6.03. The van der Waals surface area contributed by atoms with Crippen molar-refractivity contribution in [3.05, 3.63) is 18.3 Å². The van der Waals surface area contributed by atoms with Crippen LogP contribution in [0.15, 0.2) is 18.3 Å². The molecule has 0 saturated carbocycles. The van der Waals surface area contributed by atoms with Crippen molar-refractivity contribution >= 4 is 5.82 Å². The van der Waals surface area contributed by atoms with E-state index in [1.54, 1.807) is 6.20 Å². The summed E-state index contributed by atoms with van der Waals surface area (Å²) < 4.78 is 5.53. The van der Waals surface area contributed by atoms with Gasteiger partial charge < -0.3 is 15.8 Å². The van der Waals surface area contributed by atoms with Crippen molar-refractivity contribution in [2.45, 2.75) is 33.7 Å². The van der Waals surface area contributed by atoms with E-state index in [0.29, 0.717) is 13.2 Å². The lowest BCUT2D eigenvalue weighted by Gasteiger charge is -2.31. The third-order valence-electron chi connectivity index (χ3n) is 2.66. The van der Waals surface area contributed by atoms with Crippen molar-refractivity contribution in [1.29, 1.82) is 0 Å². The maximum Gasteiger partial charge on any atom is 0.169 e. The van der Waals surface area contributed by atoms with Crippen molar-refractivity contribution in [3.63, 3.8) is 0 Å². The highest BCUT2D eigenvalue weighted by Crippen LogP contribution is 2.26. The van der Waals surface area contributed by atoms with Gasteiger partial charge in [0.1, 0.15) is 0 Å². The van der Waals surface area contributed by atoms with Gasteiger partial charge in [-0.2, -0.15) is 0 Å². The zero-order chi connectivity index (χ0) is 12.9. The number of anilines is 1. The van der Waals surface area contributed by atoms with E-state index >= 15 is 0 Å². The van der Waals surface area contributed by atoms with E-state index in [0.717, 1.165) is 11.6 Å². The van der Waals surface area contributed by atoms with Gasteiger partial charge in [-0.05, 0) is 24.5 Å². The van der Waals surface area contributed by atoms with Crippen molar-refractivity contribution in [2.75, 3.05) is 18.5 Å². The molecule has 1 aromatic heterocycles. The molecule has 0 spiro atoms. The number of nitrogens with one attached hydrogen (secondary N) is 1. The van der Waals surface area contributed by atoms with E-state index in [1.807, 2.05) is 19.1 Å². The molecule has 0 amide bonds. The third kappa shape index (κ3) is 3.89. The second kappa shape index (κ2) is 5.87. The maximum atomic E-state index is 5.80. The number of rotatable bonds is 5. The van der Waals surface area contributed by atoms with Crippen LogP contribution in [-0.2, 0) is 0 Å². The van der Waals surface area contributed by atoms with Gasteiger partial charge in [0.05, 0.1) is 6.61 Å². The Kier molecular flexibility index (Phi) is 4.75. The molecule has 17 heavy (non-hydrogen) atoms. The normalized spacial score (nSPS) is 13.2. The summed E-state index contributed by atoms with van der Waals surface area (Å²) in [7, 11) is 0. The Balaban J connectivity index is 2.86. The predicted molar refractivity (Wildman–Crippen MR) is 71.3 cm³/mol. The molecule has 4 nitrogen and oxygen atoms in total. The van der Waals surface area contributed by atoms with E-state index in [9.17, 15) is 0 Å². The zero-order valence-electron chi connectivity index (χ0n) is 11.2. The highest BCUT2D eigenvalue weighted by atomic mass is 16.5. The van der Waals surface area contributed by atoms with Gasteiger partial charge in [-0.1, -0.05) is 20.8 Å². The Morgan fingerprint density at radius 2 is 2.18 bits per heavy atom. The van der Waals surface area contributed by atoms with Gasteiger partial charge in [-0.15, -0.1) is 0 Å². The van der Waals surface area contributed by atoms with Crippen molar-refractivity contribution in [1.82, 2.24) is 4.98 Å². The van der Waals surface area contributed by atoms with Crippen molar-refractivity contribution < 1.29 is 4.74 Å². The Morgan fingerprint density at radius 1 is 1.47 bits per heavy atom. The molecule has 0 bridgehead atoms. The summed E-state index contributed by atoms with van der Waals surface area (Å²) >= 11 is 0. The number of nitrogens with zero attached hydrogens (tertiary/aromatic N) is 1. The molecule has 3 N–H and O–H groups in total. The molecule has 0 saturated heterocycles. The van der Waals surface area contributed by atoms with Gasteiger partial charge >= 0.3 is 0 Å². The van der Waals surface area contributed by atoms with Crippen LogP contribution in [0.5, 0.6) is 5.75 Å². The maximum absolute atomic E-state index is 5.80. The Bertz CT molecular complexity index is 347. The fourth-order valence-corrected chi connectivity index (χ4v) is 1.56. The molecular weight excluding hydrogens is 214 g/mol. The van der Waals surface area contributed by atoms with Gasteiger partial charge in [0.25, 0.3) is 0 Å². The summed E-state index contributed by atoms with van der Waals surface area (Å²) in [6.45, 7) is 9.61. The first-order chi connectivity index (χ1) is 7.99. The van der Waals surface area contributed by atoms with Crippen molar-refractivity contribution in [2.24, 2.45) is 11.1 Å². The fourth-order valence-electron chi connectivity index (χ4n) is 1.56.